The number of halogens is 2. The van der Waals surface area contributed by atoms with Gasteiger partial charge in [0, 0.05) is 0 Å². The predicted molar refractivity (Wildman–Crippen MR) is 54.5 cm³/mol. The Bertz CT molecular complexity index is 373. The fraction of sp³-hybridized carbons (Fsp3) is 0.222. The van der Waals surface area contributed by atoms with Gasteiger partial charge in [-0.05, 0) is 13.0 Å². The zero-order valence-corrected chi connectivity index (χ0v) is 8.82. The normalized spacial score (nSPS) is 11.9. The van der Waals surface area contributed by atoms with Crippen molar-refractivity contribution in [1.29, 1.82) is 0 Å². The first-order valence-electron chi connectivity index (χ1n) is 3.75. The standard InChI is InChI=1S/C9H7Cl2NO2/c1-3-5(2)14-9(13)7-4-6(10)8(11)12-7/h1,4-5,12H,2H3. The van der Waals surface area contributed by atoms with Crippen molar-refractivity contribution in [3.63, 3.8) is 0 Å². The minimum atomic E-state index is -0.580. The maximum atomic E-state index is 11.3. The number of hydrogen-bond acceptors (Lipinski definition) is 2. The number of esters is 1. The highest BCUT2D eigenvalue weighted by Crippen LogP contribution is 2.22. The molecule has 1 atom stereocenters. The molecule has 0 bridgehead atoms. The Morgan fingerprint density at radius 3 is 2.79 bits per heavy atom. The van der Waals surface area contributed by atoms with E-state index in [-0.39, 0.29) is 15.9 Å². The largest absolute Gasteiger partial charge is 0.445 e. The average Bonchev–Trinajstić information content (AvgIpc) is 2.47. The lowest BCUT2D eigenvalue weighted by atomic mass is 10.4. The van der Waals surface area contributed by atoms with E-state index in [0.717, 1.165) is 0 Å². The van der Waals surface area contributed by atoms with Crippen LogP contribution in [0.5, 0.6) is 0 Å². The van der Waals surface area contributed by atoms with Gasteiger partial charge in [-0.1, -0.05) is 29.1 Å². The summed E-state index contributed by atoms with van der Waals surface area (Å²) in [5.74, 6) is 1.68. The van der Waals surface area contributed by atoms with Crippen molar-refractivity contribution < 1.29 is 9.53 Å². The maximum absolute atomic E-state index is 11.3. The molecule has 0 aliphatic rings. The molecule has 0 aromatic carbocycles. The third-order valence-electron chi connectivity index (χ3n) is 1.46. The molecular weight excluding hydrogens is 225 g/mol. The molecule has 0 saturated heterocycles. The Labute approximate surface area is 91.3 Å². The van der Waals surface area contributed by atoms with Crippen LogP contribution < -0.4 is 0 Å². The Kier molecular flexibility index (Phi) is 3.45. The molecule has 1 aromatic heterocycles. The molecule has 1 heterocycles. The lowest BCUT2D eigenvalue weighted by molar-refractivity contribution is 0.0432. The topological polar surface area (TPSA) is 42.1 Å². The lowest BCUT2D eigenvalue weighted by Crippen LogP contribution is -2.13. The third-order valence-corrected chi connectivity index (χ3v) is 2.16. The van der Waals surface area contributed by atoms with Crippen LogP contribution in [-0.4, -0.2) is 17.1 Å². The van der Waals surface area contributed by atoms with Crippen molar-refractivity contribution in [2.24, 2.45) is 0 Å². The highest BCUT2D eigenvalue weighted by Gasteiger charge is 2.14. The summed E-state index contributed by atoms with van der Waals surface area (Å²) in [7, 11) is 0. The quantitative estimate of drug-likeness (QED) is 0.628. The Hall–Kier alpha value is -1.11. The van der Waals surface area contributed by atoms with Crippen LogP contribution in [0, 0.1) is 12.3 Å². The van der Waals surface area contributed by atoms with Gasteiger partial charge in [0.1, 0.15) is 10.8 Å². The fourth-order valence-electron chi connectivity index (χ4n) is 0.772. The molecule has 1 N–H and O–H groups in total. The minimum absolute atomic E-state index is 0.183. The Morgan fingerprint density at radius 1 is 1.71 bits per heavy atom. The van der Waals surface area contributed by atoms with Crippen LogP contribution in [0.3, 0.4) is 0 Å². The summed E-state index contributed by atoms with van der Waals surface area (Å²) < 4.78 is 4.83. The van der Waals surface area contributed by atoms with Gasteiger partial charge >= 0.3 is 5.97 Å². The first-order valence-corrected chi connectivity index (χ1v) is 4.51. The SMILES string of the molecule is C#CC(C)OC(=O)c1cc(Cl)c(Cl)[nH]1. The van der Waals surface area contributed by atoms with Crippen molar-refractivity contribution >= 4 is 29.2 Å². The summed E-state index contributed by atoms with van der Waals surface area (Å²) in [6.07, 6.45) is 4.46. The Morgan fingerprint density at radius 2 is 2.36 bits per heavy atom. The van der Waals surface area contributed by atoms with E-state index in [4.69, 9.17) is 34.4 Å². The van der Waals surface area contributed by atoms with Crippen molar-refractivity contribution in [1.82, 2.24) is 4.98 Å². The van der Waals surface area contributed by atoms with Gasteiger partial charge in [-0.15, -0.1) is 6.42 Å². The van der Waals surface area contributed by atoms with Crippen LogP contribution in [0.25, 0.3) is 0 Å². The zero-order valence-electron chi connectivity index (χ0n) is 7.30. The Balaban J connectivity index is 2.76. The number of rotatable bonds is 2. The van der Waals surface area contributed by atoms with Gasteiger partial charge in [0.2, 0.25) is 0 Å². The van der Waals surface area contributed by atoms with Gasteiger partial charge in [-0.2, -0.15) is 0 Å². The fourth-order valence-corrected chi connectivity index (χ4v) is 1.08. The lowest BCUT2D eigenvalue weighted by Gasteiger charge is -2.04. The number of carbonyl (C=O) groups is 1. The van der Waals surface area contributed by atoms with Gasteiger partial charge in [0.15, 0.2) is 6.10 Å². The van der Waals surface area contributed by atoms with Crippen LogP contribution in [0.2, 0.25) is 10.2 Å². The number of hydrogen-bond donors (Lipinski definition) is 1. The smallest absolute Gasteiger partial charge is 0.356 e. The molecule has 0 radical (unpaired) electrons. The predicted octanol–water partition coefficient (Wildman–Crippen LogP) is 2.50. The molecule has 14 heavy (non-hydrogen) atoms. The van der Waals surface area contributed by atoms with Gasteiger partial charge < -0.3 is 9.72 Å². The number of aromatic nitrogens is 1. The number of carbonyl (C=O) groups excluding carboxylic acids is 1. The molecule has 1 rings (SSSR count). The van der Waals surface area contributed by atoms with Crippen LogP contribution in [-0.2, 0) is 4.74 Å². The summed E-state index contributed by atoms with van der Waals surface area (Å²) in [5, 5.41) is 0.471. The van der Waals surface area contributed by atoms with E-state index in [9.17, 15) is 4.79 Å². The van der Waals surface area contributed by atoms with E-state index >= 15 is 0 Å². The molecular formula is C9H7Cl2NO2. The monoisotopic (exact) mass is 231 g/mol. The molecule has 0 saturated carbocycles. The molecule has 1 unspecified atom stereocenters. The van der Waals surface area contributed by atoms with Gasteiger partial charge in [-0.25, -0.2) is 4.79 Å². The van der Waals surface area contributed by atoms with Gasteiger partial charge in [0.25, 0.3) is 0 Å². The van der Waals surface area contributed by atoms with E-state index < -0.39 is 12.1 Å². The van der Waals surface area contributed by atoms with Gasteiger partial charge in [-0.3, -0.25) is 0 Å². The summed E-state index contributed by atoms with van der Waals surface area (Å²) in [6, 6.07) is 1.38. The van der Waals surface area contributed by atoms with E-state index in [1.165, 1.54) is 6.07 Å². The number of terminal acetylenes is 1. The number of nitrogens with one attached hydrogen (secondary N) is 1. The number of H-pyrrole nitrogens is 1. The van der Waals surface area contributed by atoms with Crippen LogP contribution in [0.15, 0.2) is 6.07 Å². The highest BCUT2D eigenvalue weighted by molar-refractivity contribution is 6.41. The second kappa shape index (κ2) is 4.41. The minimum Gasteiger partial charge on any atom is -0.445 e. The average molecular weight is 232 g/mol. The van der Waals surface area contributed by atoms with E-state index in [0.29, 0.717) is 0 Å². The van der Waals surface area contributed by atoms with Crippen LogP contribution >= 0.6 is 23.2 Å². The summed E-state index contributed by atoms with van der Waals surface area (Å²) >= 11 is 11.2. The third kappa shape index (κ3) is 2.44. The molecule has 0 spiro atoms. The first kappa shape index (κ1) is 11.0. The maximum Gasteiger partial charge on any atom is 0.356 e. The summed E-state index contributed by atoms with van der Waals surface area (Å²) in [6.45, 7) is 1.59. The first-order chi connectivity index (χ1) is 6.54. The molecule has 5 heteroatoms. The molecule has 1 aromatic rings. The number of aromatic amines is 1. The van der Waals surface area contributed by atoms with Crippen molar-refractivity contribution in [2.45, 2.75) is 13.0 Å². The zero-order chi connectivity index (χ0) is 10.7. The summed E-state index contributed by atoms with van der Waals surface area (Å²) in [5.41, 5.74) is 0.183. The van der Waals surface area contributed by atoms with Crippen molar-refractivity contribution in [3.8, 4) is 12.3 Å². The van der Waals surface area contributed by atoms with Crippen LogP contribution in [0.1, 0.15) is 17.4 Å². The highest BCUT2D eigenvalue weighted by atomic mass is 35.5. The van der Waals surface area contributed by atoms with Gasteiger partial charge in [0.05, 0.1) is 5.02 Å². The van der Waals surface area contributed by atoms with Crippen LogP contribution in [0.4, 0.5) is 0 Å². The van der Waals surface area contributed by atoms with E-state index in [1.54, 1.807) is 6.92 Å². The van der Waals surface area contributed by atoms with Crippen molar-refractivity contribution in [3.05, 3.63) is 21.9 Å². The van der Waals surface area contributed by atoms with E-state index in [1.807, 2.05) is 0 Å². The molecule has 0 amide bonds. The second-order valence-electron chi connectivity index (χ2n) is 2.56. The second-order valence-corrected chi connectivity index (χ2v) is 3.34. The molecule has 0 aliphatic heterocycles. The van der Waals surface area contributed by atoms with Crippen molar-refractivity contribution in [2.75, 3.05) is 0 Å². The number of ether oxygens (including phenoxy) is 1. The molecule has 74 valence electrons. The molecule has 0 fully saturated rings. The molecule has 0 aliphatic carbocycles. The van der Waals surface area contributed by atoms with E-state index in [2.05, 4.69) is 10.9 Å². The molecule has 3 nitrogen and oxygen atoms in total. The summed E-state index contributed by atoms with van der Waals surface area (Å²) in [4.78, 5) is 13.9.